The fraction of sp³-hybridized carbons (Fsp3) is 0.900. The van der Waals surface area contributed by atoms with Gasteiger partial charge in [-0.1, -0.05) is 13.8 Å². The summed E-state index contributed by atoms with van der Waals surface area (Å²) in [5.74, 6) is -0.121. The molecule has 0 aromatic heterocycles. The Bertz CT molecular complexity index is 225. The number of hydrogen-bond donors (Lipinski definition) is 3. The fourth-order valence-electron chi connectivity index (χ4n) is 1.41. The molecule has 1 heterocycles. The Morgan fingerprint density at radius 3 is 2.80 bits per heavy atom. The first-order chi connectivity index (χ1) is 6.94. The molecule has 0 radical (unpaired) electrons. The van der Waals surface area contributed by atoms with Gasteiger partial charge in [0.25, 0.3) is 0 Å². The Balaban J connectivity index is 2.33. The Hall–Kier alpha value is -0.650. The van der Waals surface area contributed by atoms with E-state index in [9.17, 15) is 9.90 Å². The van der Waals surface area contributed by atoms with Crippen LogP contribution in [0.25, 0.3) is 0 Å². The van der Waals surface area contributed by atoms with Crippen molar-refractivity contribution in [3.63, 3.8) is 0 Å². The van der Waals surface area contributed by atoms with Gasteiger partial charge < -0.3 is 20.9 Å². The van der Waals surface area contributed by atoms with E-state index in [4.69, 9.17) is 10.5 Å². The van der Waals surface area contributed by atoms with Crippen LogP contribution in [0.2, 0.25) is 0 Å². The maximum absolute atomic E-state index is 11.5. The monoisotopic (exact) mass is 216 g/mol. The molecule has 88 valence electrons. The van der Waals surface area contributed by atoms with Crippen LogP contribution in [-0.4, -0.2) is 42.4 Å². The van der Waals surface area contributed by atoms with E-state index in [0.717, 1.165) is 0 Å². The number of hydrogen-bond acceptors (Lipinski definition) is 4. The van der Waals surface area contributed by atoms with Crippen LogP contribution in [-0.2, 0) is 9.53 Å². The van der Waals surface area contributed by atoms with Gasteiger partial charge in [-0.2, -0.15) is 0 Å². The summed E-state index contributed by atoms with van der Waals surface area (Å²) < 4.78 is 5.07. The van der Waals surface area contributed by atoms with Crippen molar-refractivity contribution in [2.45, 2.75) is 31.9 Å². The minimum absolute atomic E-state index is 0.0967. The minimum atomic E-state index is -0.910. The number of nitrogens with one attached hydrogen (secondary N) is 1. The molecule has 5 nitrogen and oxygen atoms in total. The Kier molecular flexibility index (Phi) is 4.07. The number of rotatable bonds is 4. The molecule has 15 heavy (non-hydrogen) atoms. The molecular weight excluding hydrogens is 196 g/mol. The molecule has 5 heteroatoms. The van der Waals surface area contributed by atoms with E-state index in [2.05, 4.69) is 5.32 Å². The lowest BCUT2D eigenvalue weighted by Gasteiger charge is -2.22. The van der Waals surface area contributed by atoms with Gasteiger partial charge in [0.15, 0.2) is 0 Å². The van der Waals surface area contributed by atoms with Crippen LogP contribution in [0.15, 0.2) is 0 Å². The number of amides is 1. The van der Waals surface area contributed by atoms with E-state index in [0.29, 0.717) is 13.0 Å². The number of carbonyl (C=O) groups excluding carboxylic acids is 1. The van der Waals surface area contributed by atoms with Gasteiger partial charge in [-0.05, 0) is 5.92 Å². The average Bonchev–Trinajstić information content (AvgIpc) is 2.61. The van der Waals surface area contributed by atoms with Crippen LogP contribution >= 0.6 is 0 Å². The van der Waals surface area contributed by atoms with E-state index in [1.165, 1.54) is 0 Å². The number of nitrogens with two attached hydrogens (primary N) is 1. The highest BCUT2D eigenvalue weighted by Gasteiger charge is 2.33. The molecule has 0 aromatic rings. The summed E-state index contributed by atoms with van der Waals surface area (Å²) in [6.45, 7) is 4.81. The van der Waals surface area contributed by atoms with Crippen molar-refractivity contribution in [2.75, 3.05) is 19.8 Å². The second kappa shape index (κ2) is 4.92. The molecule has 0 aromatic carbocycles. The average molecular weight is 216 g/mol. The predicted molar refractivity (Wildman–Crippen MR) is 56.2 cm³/mol. The lowest BCUT2D eigenvalue weighted by Crippen LogP contribution is -2.50. The predicted octanol–water partition coefficient (Wildman–Crippen LogP) is -0.763. The molecule has 1 unspecified atom stereocenters. The molecule has 1 aliphatic heterocycles. The van der Waals surface area contributed by atoms with Crippen molar-refractivity contribution in [1.82, 2.24) is 5.32 Å². The smallest absolute Gasteiger partial charge is 0.237 e. The molecule has 1 aliphatic rings. The second-order valence-corrected chi connectivity index (χ2v) is 4.51. The number of ether oxygens (including phenoxy) is 1. The van der Waals surface area contributed by atoms with Gasteiger partial charge in [-0.25, -0.2) is 0 Å². The highest BCUT2D eigenvalue weighted by atomic mass is 16.5. The van der Waals surface area contributed by atoms with Crippen molar-refractivity contribution >= 4 is 5.91 Å². The molecule has 1 amide bonds. The van der Waals surface area contributed by atoms with E-state index in [1.807, 2.05) is 13.8 Å². The van der Waals surface area contributed by atoms with Gasteiger partial charge in [0.2, 0.25) is 5.91 Å². The maximum atomic E-state index is 11.5. The molecule has 1 fully saturated rings. The summed E-state index contributed by atoms with van der Waals surface area (Å²) in [5, 5.41) is 12.5. The first-order valence-corrected chi connectivity index (χ1v) is 5.28. The van der Waals surface area contributed by atoms with Crippen LogP contribution in [0.4, 0.5) is 0 Å². The van der Waals surface area contributed by atoms with Crippen LogP contribution in [0.3, 0.4) is 0 Å². The standard InChI is InChI=1S/C10H20N2O3/c1-7(2)8(11)9(13)12-5-10(14)3-4-15-6-10/h7-8,14H,3-6,11H2,1-2H3,(H,12,13)/t8-,10?/m0/s1. The van der Waals surface area contributed by atoms with Crippen molar-refractivity contribution < 1.29 is 14.6 Å². The van der Waals surface area contributed by atoms with Gasteiger partial charge in [0.05, 0.1) is 12.6 Å². The zero-order valence-corrected chi connectivity index (χ0v) is 9.32. The summed E-state index contributed by atoms with van der Waals surface area (Å²) in [7, 11) is 0. The lowest BCUT2D eigenvalue weighted by molar-refractivity contribution is -0.124. The van der Waals surface area contributed by atoms with Crippen LogP contribution in [0.5, 0.6) is 0 Å². The summed E-state index contributed by atoms with van der Waals surface area (Å²) in [6.07, 6.45) is 0.560. The quantitative estimate of drug-likeness (QED) is 0.576. The van der Waals surface area contributed by atoms with Crippen molar-refractivity contribution in [3.05, 3.63) is 0 Å². The molecular formula is C10H20N2O3. The van der Waals surface area contributed by atoms with E-state index >= 15 is 0 Å². The highest BCUT2D eigenvalue weighted by molar-refractivity contribution is 5.81. The SMILES string of the molecule is CC(C)[C@H](N)C(=O)NCC1(O)CCOC1. The van der Waals surface area contributed by atoms with Crippen LogP contribution in [0, 0.1) is 5.92 Å². The number of carbonyl (C=O) groups is 1. The molecule has 0 saturated carbocycles. The van der Waals surface area contributed by atoms with Crippen molar-refractivity contribution in [2.24, 2.45) is 11.7 Å². The third kappa shape index (κ3) is 3.44. The fourth-order valence-corrected chi connectivity index (χ4v) is 1.41. The first-order valence-electron chi connectivity index (χ1n) is 5.28. The first kappa shape index (κ1) is 12.4. The summed E-state index contributed by atoms with van der Waals surface area (Å²) in [4.78, 5) is 11.5. The Morgan fingerprint density at radius 1 is 1.67 bits per heavy atom. The summed E-state index contributed by atoms with van der Waals surface area (Å²) in [5.41, 5.74) is 4.75. The van der Waals surface area contributed by atoms with Gasteiger partial charge in [-0.3, -0.25) is 4.79 Å². The molecule has 1 saturated heterocycles. The zero-order valence-electron chi connectivity index (χ0n) is 9.32. The summed E-state index contributed by atoms with van der Waals surface area (Å²) in [6, 6.07) is -0.518. The zero-order chi connectivity index (χ0) is 11.5. The largest absolute Gasteiger partial charge is 0.386 e. The van der Waals surface area contributed by atoms with Gasteiger partial charge in [0, 0.05) is 19.6 Å². The lowest BCUT2D eigenvalue weighted by atomic mass is 10.0. The third-order valence-corrected chi connectivity index (χ3v) is 2.70. The molecule has 1 rings (SSSR count). The molecule has 0 bridgehead atoms. The Morgan fingerprint density at radius 2 is 2.33 bits per heavy atom. The molecule has 4 N–H and O–H groups in total. The van der Waals surface area contributed by atoms with Gasteiger partial charge >= 0.3 is 0 Å². The van der Waals surface area contributed by atoms with E-state index in [1.54, 1.807) is 0 Å². The summed E-state index contributed by atoms with van der Waals surface area (Å²) >= 11 is 0. The van der Waals surface area contributed by atoms with Gasteiger partial charge in [-0.15, -0.1) is 0 Å². The minimum Gasteiger partial charge on any atom is -0.386 e. The molecule has 2 atom stereocenters. The molecule has 0 aliphatic carbocycles. The van der Waals surface area contributed by atoms with Gasteiger partial charge in [0.1, 0.15) is 5.60 Å². The molecule has 0 spiro atoms. The van der Waals surface area contributed by atoms with Crippen LogP contribution < -0.4 is 11.1 Å². The van der Waals surface area contributed by atoms with Crippen molar-refractivity contribution in [1.29, 1.82) is 0 Å². The van der Waals surface area contributed by atoms with E-state index < -0.39 is 11.6 Å². The Labute approximate surface area is 90.0 Å². The maximum Gasteiger partial charge on any atom is 0.237 e. The van der Waals surface area contributed by atoms with E-state index in [-0.39, 0.29) is 25.0 Å². The third-order valence-electron chi connectivity index (χ3n) is 2.70. The van der Waals surface area contributed by atoms with Crippen LogP contribution in [0.1, 0.15) is 20.3 Å². The second-order valence-electron chi connectivity index (χ2n) is 4.51. The topological polar surface area (TPSA) is 84.6 Å². The highest BCUT2D eigenvalue weighted by Crippen LogP contribution is 2.16. The normalized spacial score (nSPS) is 28.1. The van der Waals surface area contributed by atoms with Crippen molar-refractivity contribution in [3.8, 4) is 0 Å². The number of aliphatic hydroxyl groups is 1.